The van der Waals surface area contributed by atoms with Gasteiger partial charge in [-0.05, 0) is 53.0 Å². The number of hydrogen-bond acceptors (Lipinski definition) is 3. The molecule has 0 aromatic rings. The molecule has 0 amide bonds. The maximum absolute atomic E-state index is 11.3. The van der Waals surface area contributed by atoms with Crippen LogP contribution < -0.4 is 0 Å². The lowest BCUT2D eigenvalue weighted by Gasteiger charge is -2.30. The highest BCUT2D eigenvalue weighted by Crippen LogP contribution is 2.36. The summed E-state index contributed by atoms with van der Waals surface area (Å²) in [4.78, 5) is 16.0. The van der Waals surface area contributed by atoms with E-state index in [1.165, 1.54) is 25.5 Å². The molecule has 0 heterocycles. The zero-order valence-electron chi connectivity index (χ0n) is 11.7. The number of rotatable bonds is 8. The Kier molecular flexibility index (Phi) is 6.14. The molecule has 3 heteroatoms. The van der Waals surface area contributed by atoms with Gasteiger partial charge in [0, 0.05) is 12.0 Å². The molecule has 17 heavy (non-hydrogen) atoms. The summed E-state index contributed by atoms with van der Waals surface area (Å²) in [6.45, 7) is 6.47. The highest BCUT2D eigenvalue weighted by molar-refractivity contribution is 5.60. The summed E-state index contributed by atoms with van der Waals surface area (Å²) in [5.41, 5.74) is -0.0197. The zero-order valence-corrected chi connectivity index (χ0v) is 11.7. The fourth-order valence-electron chi connectivity index (χ4n) is 2.80. The standard InChI is InChI=1S/C14H28N2O/c1-4-16(11-7-10-15(2)3)12-14(13-17)8-5-6-9-14/h13H,4-12H2,1-3H3. The molecule has 1 aliphatic carbocycles. The molecule has 0 aromatic carbocycles. The summed E-state index contributed by atoms with van der Waals surface area (Å²) >= 11 is 0. The fraction of sp³-hybridized carbons (Fsp3) is 0.929. The van der Waals surface area contributed by atoms with E-state index in [1.54, 1.807) is 0 Å². The lowest BCUT2D eigenvalue weighted by atomic mass is 9.87. The Morgan fingerprint density at radius 1 is 1.18 bits per heavy atom. The van der Waals surface area contributed by atoms with Gasteiger partial charge >= 0.3 is 0 Å². The van der Waals surface area contributed by atoms with Gasteiger partial charge in [-0.15, -0.1) is 0 Å². The number of carbonyl (C=O) groups is 1. The summed E-state index contributed by atoms with van der Waals surface area (Å²) in [5.74, 6) is 0. The van der Waals surface area contributed by atoms with Crippen LogP contribution in [0, 0.1) is 5.41 Å². The van der Waals surface area contributed by atoms with Crippen molar-refractivity contribution in [3.05, 3.63) is 0 Å². The van der Waals surface area contributed by atoms with Crippen LogP contribution in [-0.2, 0) is 4.79 Å². The van der Waals surface area contributed by atoms with E-state index in [4.69, 9.17) is 0 Å². The van der Waals surface area contributed by atoms with Gasteiger partial charge in [-0.1, -0.05) is 19.8 Å². The molecule has 0 saturated heterocycles. The van der Waals surface area contributed by atoms with E-state index >= 15 is 0 Å². The van der Waals surface area contributed by atoms with Crippen molar-refractivity contribution in [2.45, 2.75) is 39.0 Å². The van der Waals surface area contributed by atoms with E-state index < -0.39 is 0 Å². The minimum absolute atomic E-state index is 0.0197. The molecule has 0 unspecified atom stereocenters. The fourth-order valence-corrected chi connectivity index (χ4v) is 2.80. The number of aldehydes is 1. The Hall–Kier alpha value is -0.410. The van der Waals surface area contributed by atoms with Crippen molar-refractivity contribution < 1.29 is 4.79 Å². The van der Waals surface area contributed by atoms with Crippen molar-refractivity contribution in [2.75, 3.05) is 40.3 Å². The molecule has 0 bridgehead atoms. The van der Waals surface area contributed by atoms with Gasteiger partial charge in [0.05, 0.1) is 0 Å². The zero-order chi connectivity index (χ0) is 12.7. The Bertz CT molecular complexity index is 222. The molecule has 0 N–H and O–H groups in total. The lowest BCUT2D eigenvalue weighted by Crippen LogP contribution is -2.38. The van der Waals surface area contributed by atoms with Crippen LogP contribution in [0.1, 0.15) is 39.0 Å². The molecule has 1 saturated carbocycles. The molecule has 0 radical (unpaired) electrons. The van der Waals surface area contributed by atoms with Gasteiger partial charge in [0.25, 0.3) is 0 Å². The Labute approximate surface area is 106 Å². The van der Waals surface area contributed by atoms with Crippen LogP contribution in [0.4, 0.5) is 0 Å². The Balaban J connectivity index is 2.37. The van der Waals surface area contributed by atoms with E-state index in [0.29, 0.717) is 0 Å². The van der Waals surface area contributed by atoms with Crippen molar-refractivity contribution >= 4 is 6.29 Å². The third-order valence-corrected chi connectivity index (χ3v) is 3.91. The first-order valence-corrected chi connectivity index (χ1v) is 6.95. The first-order chi connectivity index (χ1) is 8.12. The van der Waals surface area contributed by atoms with Crippen LogP contribution in [0.3, 0.4) is 0 Å². The van der Waals surface area contributed by atoms with Crippen LogP contribution in [0.25, 0.3) is 0 Å². The molecule has 3 nitrogen and oxygen atoms in total. The van der Waals surface area contributed by atoms with Gasteiger partial charge in [0.15, 0.2) is 0 Å². The normalized spacial score (nSPS) is 19.1. The lowest BCUT2D eigenvalue weighted by molar-refractivity contribution is -0.117. The summed E-state index contributed by atoms with van der Waals surface area (Å²) in [5, 5.41) is 0. The predicted molar refractivity (Wildman–Crippen MR) is 72.3 cm³/mol. The van der Waals surface area contributed by atoms with E-state index in [0.717, 1.165) is 39.0 Å². The summed E-state index contributed by atoms with van der Waals surface area (Å²) in [7, 11) is 4.22. The Morgan fingerprint density at radius 3 is 2.29 bits per heavy atom. The molecule has 1 fully saturated rings. The molecular weight excluding hydrogens is 212 g/mol. The minimum Gasteiger partial charge on any atom is -0.309 e. The third-order valence-electron chi connectivity index (χ3n) is 3.91. The van der Waals surface area contributed by atoms with E-state index in [1.807, 2.05) is 0 Å². The largest absolute Gasteiger partial charge is 0.309 e. The average Bonchev–Trinajstić information content (AvgIpc) is 2.76. The van der Waals surface area contributed by atoms with Crippen LogP contribution in [0.5, 0.6) is 0 Å². The summed E-state index contributed by atoms with van der Waals surface area (Å²) in [6, 6.07) is 0. The molecule has 0 aliphatic heterocycles. The third kappa shape index (κ3) is 4.76. The van der Waals surface area contributed by atoms with Crippen molar-refractivity contribution in [2.24, 2.45) is 5.41 Å². The highest BCUT2D eigenvalue weighted by atomic mass is 16.1. The first-order valence-electron chi connectivity index (χ1n) is 6.95. The molecule has 0 atom stereocenters. The summed E-state index contributed by atoms with van der Waals surface area (Å²) < 4.78 is 0. The summed E-state index contributed by atoms with van der Waals surface area (Å²) in [6.07, 6.45) is 7.08. The van der Waals surface area contributed by atoms with Gasteiger partial charge in [-0.2, -0.15) is 0 Å². The maximum atomic E-state index is 11.3. The van der Waals surface area contributed by atoms with Gasteiger partial charge in [0.1, 0.15) is 6.29 Å². The molecule has 1 rings (SSSR count). The van der Waals surface area contributed by atoms with Gasteiger partial charge in [-0.25, -0.2) is 0 Å². The van der Waals surface area contributed by atoms with Gasteiger partial charge in [0.2, 0.25) is 0 Å². The first kappa shape index (κ1) is 14.7. The molecule has 0 spiro atoms. The molecular formula is C14H28N2O. The monoisotopic (exact) mass is 240 g/mol. The van der Waals surface area contributed by atoms with Crippen LogP contribution >= 0.6 is 0 Å². The van der Waals surface area contributed by atoms with E-state index in [-0.39, 0.29) is 5.41 Å². The number of carbonyl (C=O) groups excluding carboxylic acids is 1. The minimum atomic E-state index is -0.0197. The molecule has 1 aliphatic rings. The van der Waals surface area contributed by atoms with Crippen molar-refractivity contribution in [1.82, 2.24) is 9.80 Å². The molecule has 0 aromatic heterocycles. The van der Waals surface area contributed by atoms with E-state index in [2.05, 4.69) is 30.8 Å². The number of nitrogens with zero attached hydrogens (tertiary/aromatic N) is 2. The predicted octanol–water partition coefficient (Wildman–Crippen LogP) is 2.02. The SMILES string of the molecule is CCN(CCCN(C)C)CC1(C=O)CCCC1. The topological polar surface area (TPSA) is 23.6 Å². The van der Waals surface area contributed by atoms with Crippen LogP contribution in [0.2, 0.25) is 0 Å². The second kappa shape index (κ2) is 7.12. The maximum Gasteiger partial charge on any atom is 0.127 e. The second-order valence-electron chi connectivity index (χ2n) is 5.71. The van der Waals surface area contributed by atoms with Crippen molar-refractivity contribution in [3.63, 3.8) is 0 Å². The average molecular weight is 240 g/mol. The second-order valence-corrected chi connectivity index (χ2v) is 5.71. The van der Waals surface area contributed by atoms with Crippen LogP contribution in [0.15, 0.2) is 0 Å². The quantitative estimate of drug-likeness (QED) is 0.606. The smallest absolute Gasteiger partial charge is 0.127 e. The number of hydrogen-bond donors (Lipinski definition) is 0. The van der Waals surface area contributed by atoms with Gasteiger partial charge < -0.3 is 14.6 Å². The van der Waals surface area contributed by atoms with E-state index in [9.17, 15) is 4.79 Å². The Morgan fingerprint density at radius 2 is 1.82 bits per heavy atom. The van der Waals surface area contributed by atoms with Crippen LogP contribution in [-0.4, -0.2) is 56.4 Å². The van der Waals surface area contributed by atoms with Gasteiger partial charge in [-0.3, -0.25) is 0 Å². The highest BCUT2D eigenvalue weighted by Gasteiger charge is 2.34. The van der Waals surface area contributed by atoms with Crippen molar-refractivity contribution in [1.29, 1.82) is 0 Å². The van der Waals surface area contributed by atoms with Crippen molar-refractivity contribution in [3.8, 4) is 0 Å². The molecule has 100 valence electrons.